The molecule has 0 N–H and O–H groups in total. The third-order valence-electron chi connectivity index (χ3n) is 10.3. The van der Waals surface area contributed by atoms with Crippen molar-refractivity contribution >= 4 is 23.2 Å². The summed E-state index contributed by atoms with van der Waals surface area (Å²) >= 11 is 0. The number of carbonyl (C=O) groups is 3. The van der Waals surface area contributed by atoms with E-state index < -0.39 is 0 Å². The van der Waals surface area contributed by atoms with Crippen molar-refractivity contribution in [2.75, 3.05) is 11.4 Å². The number of rotatable bonds is 10. The summed E-state index contributed by atoms with van der Waals surface area (Å²) in [4.78, 5) is 46.6. The molecule has 264 valence electrons. The van der Waals surface area contributed by atoms with E-state index in [-0.39, 0.29) is 17.5 Å². The molecule has 6 nitrogen and oxygen atoms in total. The van der Waals surface area contributed by atoms with Crippen LogP contribution in [-0.2, 0) is 36.9 Å². The number of nitrogens with zero attached hydrogens (tertiary/aromatic N) is 3. The number of carbonyl (C=O) groups excluding carboxylic acids is 3. The summed E-state index contributed by atoms with van der Waals surface area (Å²) < 4.78 is 0. The Labute approximate surface area is 311 Å². The molecular formula is C47H43N3O3. The van der Waals surface area contributed by atoms with E-state index in [4.69, 9.17) is 0 Å². The molecule has 1 aliphatic carbocycles. The van der Waals surface area contributed by atoms with Crippen molar-refractivity contribution in [3.05, 3.63) is 173 Å². The number of hydrogen-bond acceptors (Lipinski definition) is 5. The molecule has 0 radical (unpaired) electrons. The quantitative estimate of drug-likeness (QED) is 0.133. The lowest BCUT2D eigenvalue weighted by atomic mass is 9.98. The second-order valence-electron chi connectivity index (χ2n) is 13.8. The van der Waals surface area contributed by atoms with Crippen LogP contribution in [0.2, 0.25) is 0 Å². The van der Waals surface area contributed by atoms with Crippen molar-refractivity contribution in [1.29, 1.82) is 0 Å². The summed E-state index contributed by atoms with van der Waals surface area (Å²) in [5.74, 6) is 0.409. The highest BCUT2D eigenvalue weighted by Crippen LogP contribution is 2.33. The fourth-order valence-electron chi connectivity index (χ4n) is 7.25. The Morgan fingerprint density at radius 3 is 1.60 bits per heavy atom. The monoisotopic (exact) mass is 697 g/mol. The first kappa shape index (κ1) is 35.4. The van der Waals surface area contributed by atoms with Crippen LogP contribution in [0.25, 0.3) is 22.3 Å². The topological polar surface area (TPSA) is 80.2 Å². The minimum absolute atomic E-state index is 0.0839. The molecule has 0 fully saturated rings. The number of ketones is 2. The minimum atomic E-state index is 0.0839. The van der Waals surface area contributed by atoms with Crippen LogP contribution in [0.3, 0.4) is 0 Å². The van der Waals surface area contributed by atoms with Gasteiger partial charge in [-0.2, -0.15) is 0 Å². The van der Waals surface area contributed by atoms with Crippen LogP contribution in [-0.4, -0.2) is 34.0 Å². The maximum atomic E-state index is 12.5. The number of Topliss-reactive ketones (excluding diaryl/α,β-unsaturated/α-hetero) is 2. The number of anilines is 1. The lowest BCUT2D eigenvalue weighted by molar-refractivity contribution is -0.116. The standard InChI is InChI=1S/C24H22N2O2.C23H21NO/c1-17(27)26-14-12-22-15-21(9-10-23(22)26)19-5-7-20(8-6-19)24(28)11-4-18-3-2-13-25-16-18;25-23(13-6-17-3-2-14-24-16-17)20-10-7-19(8-11-20)22-12-9-18-4-1-5-21(18)15-22/h2-3,5-10,13,15-16H,4,11-12,14H2,1H3;2-3,7-12,14-16H,1,4-6,13H2. The Morgan fingerprint density at radius 2 is 1.08 bits per heavy atom. The Morgan fingerprint density at radius 1 is 0.566 bits per heavy atom. The van der Waals surface area contributed by atoms with Crippen LogP contribution in [0.4, 0.5) is 5.69 Å². The molecule has 1 amide bonds. The van der Waals surface area contributed by atoms with Gasteiger partial charge in [0.15, 0.2) is 11.6 Å². The van der Waals surface area contributed by atoms with E-state index in [9.17, 15) is 14.4 Å². The summed E-state index contributed by atoms with van der Waals surface area (Å²) in [5.41, 5.74) is 13.5. The molecular weight excluding hydrogens is 655 g/mol. The molecule has 2 aliphatic rings. The first-order chi connectivity index (χ1) is 25.9. The number of hydrogen-bond donors (Lipinski definition) is 0. The second-order valence-corrected chi connectivity index (χ2v) is 13.8. The molecule has 0 saturated heterocycles. The van der Waals surface area contributed by atoms with Crippen molar-refractivity contribution < 1.29 is 14.4 Å². The lowest BCUT2D eigenvalue weighted by Gasteiger charge is -2.15. The average molecular weight is 698 g/mol. The number of fused-ring (bicyclic) bond motifs is 2. The number of benzene rings is 4. The largest absolute Gasteiger partial charge is 0.312 e. The molecule has 4 aromatic carbocycles. The van der Waals surface area contributed by atoms with Crippen LogP contribution < -0.4 is 4.90 Å². The van der Waals surface area contributed by atoms with Gasteiger partial charge >= 0.3 is 0 Å². The van der Waals surface area contributed by atoms with Crippen LogP contribution >= 0.6 is 0 Å². The van der Waals surface area contributed by atoms with Gasteiger partial charge in [-0.3, -0.25) is 24.4 Å². The summed E-state index contributed by atoms with van der Waals surface area (Å²) in [5, 5.41) is 0. The number of aromatic nitrogens is 2. The first-order valence-electron chi connectivity index (χ1n) is 18.5. The maximum absolute atomic E-state index is 12.5. The fourth-order valence-corrected chi connectivity index (χ4v) is 7.25. The molecule has 0 saturated carbocycles. The van der Waals surface area contributed by atoms with Gasteiger partial charge in [-0.25, -0.2) is 0 Å². The van der Waals surface area contributed by atoms with Gasteiger partial charge in [-0.1, -0.05) is 84.9 Å². The summed E-state index contributed by atoms with van der Waals surface area (Å²) in [7, 11) is 0. The second kappa shape index (κ2) is 16.6. The third-order valence-corrected chi connectivity index (χ3v) is 10.3. The van der Waals surface area contributed by atoms with Crippen molar-refractivity contribution in [3.63, 3.8) is 0 Å². The minimum Gasteiger partial charge on any atom is -0.312 e. The van der Waals surface area contributed by atoms with Crippen molar-refractivity contribution in [3.8, 4) is 22.3 Å². The molecule has 0 bridgehead atoms. The van der Waals surface area contributed by atoms with Gasteiger partial charge in [-0.05, 0) is 113 Å². The smallest absolute Gasteiger partial charge is 0.223 e. The number of amides is 1. The predicted molar refractivity (Wildman–Crippen MR) is 211 cm³/mol. The van der Waals surface area contributed by atoms with Gasteiger partial charge < -0.3 is 4.90 Å². The van der Waals surface area contributed by atoms with Gasteiger partial charge in [0.25, 0.3) is 0 Å². The van der Waals surface area contributed by atoms with Gasteiger partial charge in [-0.15, -0.1) is 0 Å². The normalized spacial score (nSPS) is 12.7. The van der Waals surface area contributed by atoms with E-state index in [1.165, 1.54) is 47.1 Å². The number of aryl methyl sites for hydroxylation is 4. The predicted octanol–water partition coefficient (Wildman–Crippen LogP) is 9.53. The summed E-state index contributed by atoms with van der Waals surface area (Å²) in [6, 6.07) is 36.6. The zero-order valence-corrected chi connectivity index (χ0v) is 30.1. The highest BCUT2D eigenvalue weighted by molar-refractivity contribution is 5.97. The van der Waals surface area contributed by atoms with Crippen LogP contribution in [0.15, 0.2) is 134 Å². The Hall–Kier alpha value is -6.01. The summed E-state index contributed by atoms with van der Waals surface area (Å²) in [6.45, 7) is 2.35. The SMILES string of the molecule is CC(=O)N1CCc2cc(-c3ccc(C(=O)CCc4cccnc4)cc3)ccc21.O=C(CCc1cccnc1)c1ccc(-c2ccc3c(c2)CCC3)cc1. The Bertz CT molecular complexity index is 2210. The van der Waals surface area contributed by atoms with Gasteiger partial charge in [0.05, 0.1) is 0 Å². The maximum Gasteiger partial charge on any atom is 0.223 e. The summed E-state index contributed by atoms with van der Waals surface area (Å²) in [6.07, 6.45) is 14.1. The van der Waals surface area contributed by atoms with Crippen LogP contribution in [0.5, 0.6) is 0 Å². The fraction of sp³-hybridized carbons (Fsp3) is 0.213. The molecule has 0 unspecified atom stereocenters. The van der Waals surface area contributed by atoms with Crippen molar-refractivity contribution in [2.45, 2.75) is 58.3 Å². The highest BCUT2D eigenvalue weighted by Gasteiger charge is 2.22. The lowest BCUT2D eigenvalue weighted by Crippen LogP contribution is -2.25. The third kappa shape index (κ3) is 8.73. The molecule has 2 aromatic heterocycles. The number of pyridine rings is 2. The van der Waals surface area contributed by atoms with Gasteiger partial charge in [0, 0.05) is 67.9 Å². The van der Waals surface area contributed by atoms with Crippen molar-refractivity contribution in [1.82, 2.24) is 9.97 Å². The molecule has 3 heterocycles. The highest BCUT2D eigenvalue weighted by atomic mass is 16.2. The van der Waals surface area contributed by atoms with Crippen molar-refractivity contribution in [2.24, 2.45) is 0 Å². The van der Waals surface area contributed by atoms with E-state index in [2.05, 4.69) is 46.4 Å². The average Bonchev–Trinajstić information content (AvgIpc) is 3.87. The van der Waals surface area contributed by atoms with Crippen LogP contribution in [0.1, 0.15) is 74.7 Å². The van der Waals surface area contributed by atoms with E-state index in [0.29, 0.717) is 19.3 Å². The molecule has 0 atom stereocenters. The molecule has 6 heteroatoms. The van der Waals surface area contributed by atoms with E-state index in [0.717, 1.165) is 58.5 Å². The Balaban J connectivity index is 0.000000165. The molecule has 6 aromatic rings. The van der Waals surface area contributed by atoms with Gasteiger partial charge in [0.1, 0.15) is 0 Å². The van der Waals surface area contributed by atoms with Crippen LogP contribution in [0, 0.1) is 0 Å². The van der Waals surface area contributed by atoms with E-state index in [1.54, 1.807) is 25.5 Å². The zero-order valence-electron chi connectivity index (χ0n) is 30.1. The molecule has 8 rings (SSSR count). The molecule has 53 heavy (non-hydrogen) atoms. The molecule has 0 spiro atoms. The molecule has 1 aliphatic heterocycles. The van der Waals surface area contributed by atoms with E-state index >= 15 is 0 Å². The van der Waals surface area contributed by atoms with E-state index in [1.807, 2.05) is 83.9 Å². The zero-order chi connectivity index (χ0) is 36.6. The Kier molecular flexibility index (Phi) is 11.1. The van der Waals surface area contributed by atoms with Gasteiger partial charge in [0.2, 0.25) is 5.91 Å². The first-order valence-corrected chi connectivity index (χ1v) is 18.5.